The number of alkyl halides is 1. The summed E-state index contributed by atoms with van der Waals surface area (Å²) in [6.07, 6.45) is 0. The highest BCUT2D eigenvalue weighted by Crippen LogP contribution is 2.18. The number of benzene rings is 2. The Balaban J connectivity index is 2.45. The van der Waals surface area contributed by atoms with Crippen molar-refractivity contribution < 1.29 is 13.6 Å². The predicted molar refractivity (Wildman–Crippen MR) is 65.8 cm³/mol. The van der Waals surface area contributed by atoms with Crippen LogP contribution in [0.5, 0.6) is 0 Å². The van der Waals surface area contributed by atoms with Crippen molar-refractivity contribution in [2.45, 2.75) is 5.88 Å². The first-order chi connectivity index (χ1) is 8.61. The molecule has 2 rings (SSSR count). The highest BCUT2D eigenvalue weighted by atomic mass is 35.5. The van der Waals surface area contributed by atoms with Crippen molar-refractivity contribution in [2.75, 3.05) is 0 Å². The zero-order valence-corrected chi connectivity index (χ0v) is 10.0. The van der Waals surface area contributed by atoms with E-state index in [0.717, 1.165) is 6.07 Å². The van der Waals surface area contributed by atoms with E-state index in [9.17, 15) is 13.6 Å². The zero-order chi connectivity index (χ0) is 13.1. The maximum absolute atomic E-state index is 13.2. The topological polar surface area (TPSA) is 17.1 Å². The van der Waals surface area contributed by atoms with Crippen LogP contribution in [0.15, 0.2) is 42.5 Å². The molecular weight excluding hydrogens is 258 g/mol. The molecular formula is C14H9ClF2O. The molecule has 92 valence electrons. The second kappa shape index (κ2) is 5.27. The van der Waals surface area contributed by atoms with E-state index in [4.69, 9.17) is 11.6 Å². The van der Waals surface area contributed by atoms with Crippen molar-refractivity contribution >= 4 is 17.4 Å². The number of carbonyl (C=O) groups is 1. The average Bonchev–Trinajstić information content (AvgIpc) is 2.39. The Hall–Kier alpha value is -1.74. The van der Waals surface area contributed by atoms with Gasteiger partial charge in [0, 0.05) is 17.0 Å². The van der Waals surface area contributed by atoms with Crippen LogP contribution in [0.4, 0.5) is 8.78 Å². The van der Waals surface area contributed by atoms with Gasteiger partial charge in [-0.15, -0.1) is 11.6 Å². The summed E-state index contributed by atoms with van der Waals surface area (Å²) in [5.74, 6) is -1.19. The predicted octanol–water partition coefficient (Wildman–Crippen LogP) is 3.93. The number of rotatable bonds is 3. The molecule has 0 saturated carbocycles. The third kappa shape index (κ3) is 2.57. The number of carbonyl (C=O) groups excluding carboxylic acids is 1. The van der Waals surface area contributed by atoms with Gasteiger partial charge in [-0.05, 0) is 42.0 Å². The minimum absolute atomic E-state index is 0.114. The maximum atomic E-state index is 13.2. The molecule has 0 N–H and O–H groups in total. The summed E-state index contributed by atoms with van der Waals surface area (Å²) in [5, 5.41) is 0. The lowest BCUT2D eigenvalue weighted by Crippen LogP contribution is -2.05. The standard InChI is InChI=1S/C14H9ClF2O/c15-8-10-3-6-12(17)7-13(10)14(18)9-1-4-11(16)5-2-9/h1-7H,8H2. The summed E-state index contributed by atoms with van der Waals surface area (Å²) in [7, 11) is 0. The van der Waals surface area contributed by atoms with Crippen molar-refractivity contribution in [3.05, 3.63) is 70.8 Å². The fourth-order valence-electron chi connectivity index (χ4n) is 1.63. The van der Waals surface area contributed by atoms with Crippen LogP contribution in [0, 0.1) is 11.6 Å². The Kier molecular flexibility index (Phi) is 3.72. The molecule has 0 fully saturated rings. The van der Waals surface area contributed by atoms with Gasteiger partial charge in [0.15, 0.2) is 5.78 Å². The minimum atomic E-state index is -0.505. The van der Waals surface area contributed by atoms with Gasteiger partial charge in [0.1, 0.15) is 11.6 Å². The van der Waals surface area contributed by atoms with Crippen molar-refractivity contribution in [2.24, 2.45) is 0 Å². The maximum Gasteiger partial charge on any atom is 0.193 e. The molecule has 2 aromatic carbocycles. The van der Waals surface area contributed by atoms with Crippen LogP contribution in [-0.4, -0.2) is 5.78 Å². The first kappa shape index (κ1) is 12.7. The van der Waals surface area contributed by atoms with E-state index >= 15 is 0 Å². The molecule has 0 bridgehead atoms. The molecule has 0 spiro atoms. The number of ketones is 1. The van der Waals surface area contributed by atoms with Crippen molar-refractivity contribution in [1.82, 2.24) is 0 Å². The van der Waals surface area contributed by atoms with Crippen LogP contribution < -0.4 is 0 Å². The van der Waals surface area contributed by atoms with Gasteiger partial charge in [-0.3, -0.25) is 4.79 Å². The zero-order valence-electron chi connectivity index (χ0n) is 9.29. The summed E-state index contributed by atoms with van der Waals surface area (Å²) in [5.41, 5.74) is 1.05. The Morgan fingerprint density at radius 2 is 1.61 bits per heavy atom. The Morgan fingerprint density at radius 3 is 2.22 bits per heavy atom. The summed E-state index contributed by atoms with van der Waals surface area (Å²) in [4.78, 5) is 12.1. The first-order valence-corrected chi connectivity index (χ1v) is 5.80. The molecule has 0 aliphatic rings. The summed E-state index contributed by atoms with van der Waals surface area (Å²) < 4.78 is 25.9. The molecule has 0 amide bonds. The van der Waals surface area contributed by atoms with Crippen molar-refractivity contribution in [1.29, 1.82) is 0 Å². The Labute approximate surface area is 108 Å². The fraction of sp³-hybridized carbons (Fsp3) is 0.0714. The third-order valence-corrected chi connectivity index (χ3v) is 2.85. The summed E-state index contributed by atoms with van der Waals surface area (Å²) in [6, 6.07) is 8.96. The normalized spacial score (nSPS) is 10.4. The van der Waals surface area contributed by atoms with Crippen LogP contribution in [-0.2, 0) is 5.88 Å². The van der Waals surface area contributed by atoms with Crippen molar-refractivity contribution in [3.63, 3.8) is 0 Å². The molecule has 0 aliphatic heterocycles. The lowest BCUT2D eigenvalue weighted by molar-refractivity contribution is 0.103. The monoisotopic (exact) mass is 266 g/mol. The molecule has 0 unspecified atom stereocenters. The quantitative estimate of drug-likeness (QED) is 0.608. The van der Waals surface area contributed by atoms with Crippen LogP contribution in [0.2, 0.25) is 0 Å². The number of halogens is 3. The Bertz CT molecular complexity index is 579. The lowest BCUT2D eigenvalue weighted by Gasteiger charge is -2.06. The molecule has 1 nitrogen and oxygen atoms in total. The van der Waals surface area contributed by atoms with Gasteiger partial charge in [-0.2, -0.15) is 0 Å². The smallest absolute Gasteiger partial charge is 0.193 e. The van der Waals surface area contributed by atoms with E-state index < -0.39 is 11.6 Å². The molecule has 0 aliphatic carbocycles. The van der Waals surface area contributed by atoms with Gasteiger partial charge in [0.25, 0.3) is 0 Å². The van der Waals surface area contributed by atoms with Crippen molar-refractivity contribution in [3.8, 4) is 0 Å². The average molecular weight is 267 g/mol. The fourth-order valence-corrected chi connectivity index (χ4v) is 1.87. The van der Waals surface area contributed by atoms with Gasteiger partial charge in [0.2, 0.25) is 0 Å². The molecule has 0 aromatic heterocycles. The number of hydrogen-bond donors (Lipinski definition) is 0. The van der Waals surface area contributed by atoms with E-state index in [1.165, 1.54) is 36.4 Å². The largest absolute Gasteiger partial charge is 0.289 e. The molecule has 2 aromatic rings. The SMILES string of the molecule is O=C(c1ccc(F)cc1)c1cc(F)ccc1CCl. The van der Waals surface area contributed by atoms with Gasteiger partial charge in [-0.1, -0.05) is 6.07 Å². The molecule has 18 heavy (non-hydrogen) atoms. The van der Waals surface area contributed by atoms with Gasteiger partial charge < -0.3 is 0 Å². The van der Waals surface area contributed by atoms with Gasteiger partial charge >= 0.3 is 0 Å². The van der Waals surface area contributed by atoms with Crippen LogP contribution >= 0.6 is 11.6 Å². The molecule has 0 heterocycles. The van der Waals surface area contributed by atoms with E-state index in [1.807, 2.05) is 0 Å². The van der Waals surface area contributed by atoms with Gasteiger partial charge in [0.05, 0.1) is 0 Å². The minimum Gasteiger partial charge on any atom is -0.289 e. The van der Waals surface area contributed by atoms with Crippen LogP contribution in [0.3, 0.4) is 0 Å². The van der Waals surface area contributed by atoms with E-state index in [-0.39, 0.29) is 17.2 Å². The second-order valence-electron chi connectivity index (χ2n) is 3.77. The van der Waals surface area contributed by atoms with Crippen LogP contribution in [0.1, 0.15) is 21.5 Å². The summed E-state index contributed by atoms with van der Waals surface area (Å²) >= 11 is 5.71. The third-order valence-electron chi connectivity index (χ3n) is 2.57. The van der Waals surface area contributed by atoms with E-state index in [0.29, 0.717) is 11.1 Å². The lowest BCUT2D eigenvalue weighted by atomic mass is 9.99. The second-order valence-corrected chi connectivity index (χ2v) is 4.04. The molecule has 0 saturated heterocycles. The first-order valence-electron chi connectivity index (χ1n) is 5.26. The Morgan fingerprint density at radius 1 is 1.00 bits per heavy atom. The summed E-state index contributed by atoms with van der Waals surface area (Å²) in [6.45, 7) is 0. The molecule has 4 heteroatoms. The van der Waals surface area contributed by atoms with Crippen LogP contribution in [0.25, 0.3) is 0 Å². The highest BCUT2D eigenvalue weighted by molar-refractivity contribution is 6.18. The van der Waals surface area contributed by atoms with E-state index in [1.54, 1.807) is 0 Å². The molecule has 0 radical (unpaired) electrons. The highest BCUT2D eigenvalue weighted by Gasteiger charge is 2.14. The van der Waals surface area contributed by atoms with E-state index in [2.05, 4.69) is 0 Å². The van der Waals surface area contributed by atoms with Gasteiger partial charge in [-0.25, -0.2) is 8.78 Å². The molecule has 0 atom stereocenters. The number of hydrogen-bond acceptors (Lipinski definition) is 1.